The third-order valence-electron chi connectivity index (χ3n) is 7.87. The van der Waals surface area contributed by atoms with Gasteiger partial charge in [-0.1, -0.05) is 109 Å². The molecule has 1 fully saturated rings. The second kappa shape index (κ2) is 15.3. The first kappa shape index (κ1) is 33.0. The van der Waals surface area contributed by atoms with Crippen molar-refractivity contribution in [1.29, 1.82) is 0 Å². The van der Waals surface area contributed by atoms with Crippen molar-refractivity contribution >= 4 is 45.7 Å². The van der Waals surface area contributed by atoms with E-state index >= 15 is 0 Å². The van der Waals surface area contributed by atoms with Crippen molar-refractivity contribution in [3.63, 3.8) is 0 Å². The average molecular weight is 678 g/mol. The van der Waals surface area contributed by atoms with E-state index in [1.165, 1.54) is 33.6 Å². The number of benzene rings is 4. The van der Waals surface area contributed by atoms with E-state index in [2.05, 4.69) is 41.4 Å². The predicted molar refractivity (Wildman–Crippen MR) is 189 cm³/mol. The Morgan fingerprint density at radius 3 is 2.25 bits per heavy atom. The van der Waals surface area contributed by atoms with E-state index in [0.29, 0.717) is 45.9 Å². The Morgan fingerprint density at radius 1 is 0.854 bits per heavy atom. The number of carbonyl (C=O) groups excluding carboxylic acids is 2. The van der Waals surface area contributed by atoms with Crippen molar-refractivity contribution in [2.24, 2.45) is 0 Å². The number of aliphatic hydroxyl groups is 1. The maximum atomic E-state index is 13.7. The number of unbranched alkanes of at least 4 members (excludes halogenated alkanes) is 1. The van der Waals surface area contributed by atoms with Gasteiger partial charge in [0, 0.05) is 11.3 Å². The molecular weight excluding hydrogens is 643 g/mol. The van der Waals surface area contributed by atoms with Crippen molar-refractivity contribution < 1.29 is 24.2 Å². The second-order valence-electron chi connectivity index (χ2n) is 11.4. The summed E-state index contributed by atoms with van der Waals surface area (Å²) in [4.78, 5) is 28.7. The van der Waals surface area contributed by atoms with E-state index in [1.54, 1.807) is 48.5 Å². The highest BCUT2D eigenvalue weighted by Gasteiger charge is 2.48. The molecule has 8 nitrogen and oxygen atoms in total. The Hall–Kier alpha value is -4.93. The number of Topliss-reactive ketones (excluding diaryl/α,β-unsaturated/α-hetero) is 1. The van der Waals surface area contributed by atoms with Gasteiger partial charge >= 0.3 is 5.91 Å². The first-order valence-electron chi connectivity index (χ1n) is 15.7. The van der Waals surface area contributed by atoms with Crippen LogP contribution in [0.25, 0.3) is 5.76 Å². The van der Waals surface area contributed by atoms with Crippen molar-refractivity contribution in [3.8, 4) is 11.5 Å². The van der Waals surface area contributed by atoms with Gasteiger partial charge in [0.25, 0.3) is 5.78 Å². The zero-order valence-corrected chi connectivity index (χ0v) is 28.3. The maximum Gasteiger partial charge on any atom is 0.301 e. The number of amides is 1. The van der Waals surface area contributed by atoms with Crippen LogP contribution in [0, 0.1) is 6.92 Å². The quantitative estimate of drug-likeness (QED) is 0.0331. The van der Waals surface area contributed by atoms with Crippen LogP contribution in [-0.4, -0.2) is 33.6 Å². The minimum absolute atomic E-state index is 0.0262. The average Bonchev–Trinajstić information content (AvgIpc) is 3.69. The number of anilines is 1. The van der Waals surface area contributed by atoms with Crippen LogP contribution in [0.4, 0.5) is 5.13 Å². The molecule has 1 aliphatic heterocycles. The van der Waals surface area contributed by atoms with Gasteiger partial charge in [0.15, 0.2) is 4.34 Å². The SMILES string of the molecule is CCCCOc1ccc(C(O)=C2C(=O)C(=O)N(c3nnc(SCc4ccc(C)cc4)s3)C2c2ccc(OCc3ccccc3)cc2)cc1. The molecule has 0 bridgehead atoms. The number of aliphatic hydroxyl groups excluding tert-OH is 1. The lowest BCUT2D eigenvalue weighted by Gasteiger charge is -2.22. The van der Waals surface area contributed by atoms with Gasteiger partial charge in [-0.15, -0.1) is 10.2 Å². The molecule has 2 heterocycles. The largest absolute Gasteiger partial charge is 0.507 e. The molecule has 0 saturated carbocycles. The molecule has 1 aliphatic rings. The predicted octanol–water partition coefficient (Wildman–Crippen LogP) is 8.52. The van der Waals surface area contributed by atoms with Crippen LogP contribution in [0.5, 0.6) is 11.5 Å². The summed E-state index contributed by atoms with van der Waals surface area (Å²) in [6.07, 6.45) is 1.94. The number of hydrogen-bond acceptors (Lipinski definition) is 9. The van der Waals surface area contributed by atoms with Crippen molar-refractivity contribution in [2.45, 2.75) is 49.4 Å². The highest BCUT2D eigenvalue weighted by molar-refractivity contribution is 8.00. The molecule has 1 unspecified atom stereocenters. The van der Waals surface area contributed by atoms with Crippen LogP contribution in [-0.2, 0) is 21.9 Å². The smallest absolute Gasteiger partial charge is 0.301 e. The molecule has 1 atom stereocenters. The molecule has 5 aromatic rings. The number of ether oxygens (including phenoxy) is 2. The molecule has 0 spiro atoms. The fourth-order valence-corrected chi connectivity index (χ4v) is 7.04. The zero-order chi connectivity index (χ0) is 33.5. The summed E-state index contributed by atoms with van der Waals surface area (Å²) >= 11 is 2.74. The minimum atomic E-state index is -0.934. The molecule has 48 heavy (non-hydrogen) atoms. The molecule has 1 saturated heterocycles. The molecule has 1 aromatic heterocycles. The molecule has 1 amide bonds. The molecule has 244 valence electrons. The van der Waals surface area contributed by atoms with E-state index in [1.807, 2.05) is 37.3 Å². The molecule has 6 rings (SSSR count). The van der Waals surface area contributed by atoms with E-state index in [0.717, 1.165) is 24.0 Å². The lowest BCUT2D eigenvalue weighted by Crippen LogP contribution is -2.29. The van der Waals surface area contributed by atoms with Gasteiger partial charge in [-0.2, -0.15) is 0 Å². The van der Waals surface area contributed by atoms with Crippen LogP contribution in [0.2, 0.25) is 0 Å². The van der Waals surface area contributed by atoms with E-state index < -0.39 is 17.7 Å². The Morgan fingerprint density at radius 2 is 1.54 bits per heavy atom. The summed E-state index contributed by atoms with van der Waals surface area (Å²) in [7, 11) is 0. The number of carbonyl (C=O) groups is 2. The minimum Gasteiger partial charge on any atom is -0.507 e. The van der Waals surface area contributed by atoms with Gasteiger partial charge in [-0.25, -0.2) is 0 Å². The number of nitrogens with zero attached hydrogens (tertiary/aromatic N) is 3. The van der Waals surface area contributed by atoms with E-state index in [-0.39, 0.29) is 16.5 Å². The number of thioether (sulfide) groups is 1. The number of aromatic nitrogens is 2. The maximum absolute atomic E-state index is 13.7. The Kier molecular flexibility index (Phi) is 10.5. The molecule has 10 heteroatoms. The molecule has 0 radical (unpaired) electrons. The topological polar surface area (TPSA) is 102 Å². The number of rotatable bonds is 13. The van der Waals surface area contributed by atoms with Crippen LogP contribution < -0.4 is 14.4 Å². The molecular formula is C38H35N3O5S2. The first-order valence-corrected chi connectivity index (χ1v) is 17.5. The summed E-state index contributed by atoms with van der Waals surface area (Å²) in [6, 6.07) is 31.2. The summed E-state index contributed by atoms with van der Waals surface area (Å²) < 4.78 is 12.4. The van der Waals surface area contributed by atoms with Gasteiger partial charge < -0.3 is 14.6 Å². The van der Waals surface area contributed by atoms with Gasteiger partial charge in [-0.05, 0) is 66.4 Å². The van der Waals surface area contributed by atoms with E-state index in [4.69, 9.17) is 9.47 Å². The zero-order valence-electron chi connectivity index (χ0n) is 26.7. The normalized spacial score (nSPS) is 15.5. The van der Waals surface area contributed by atoms with Gasteiger partial charge in [0.2, 0.25) is 5.13 Å². The number of aryl methyl sites for hydroxylation is 1. The van der Waals surface area contributed by atoms with Gasteiger partial charge in [-0.3, -0.25) is 14.5 Å². The fraction of sp³-hybridized carbons (Fsp3) is 0.211. The summed E-state index contributed by atoms with van der Waals surface area (Å²) in [5, 5.41) is 20.5. The monoisotopic (exact) mass is 677 g/mol. The Balaban J connectivity index is 1.31. The van der Waals surface area contributed by atoms with Gasteiger partial charge in [0.1, 0.15) is 23.9 Å². The number of hydrogen-bond donors (Lipinski definition) is 1. The standard InChI is InChI=1S/C38H35N3O5S2/c1-3-4-22-45-30-20-16-29(17-21-30)34(42)32-33(28-14-18-31(19-15-28)46-23-26-8-6-5-7-9-26)41(36(44)35(32)43)37-39-40-38(48-37)47-24-27-12-10-25(2)11-13-27/h5-21,33,42H,3-4,22-24H2,1-2H3. The third kappa shape index (κ3) is 7.61. The Labute approximate surface area is 288 Å². The third-order valence-corrected chi connectivity index (χ3v) is 9.99. The van der Waals surface area contributed by atoms with Crippen LogP contribution in [0.15, 0.2) is 113 Å². The highest BCUT2D eigenvalue weighted by Crippen LogP contribution is 2.44. The number of ketones is 1. The Bertz CT molecular complexity index is 1890. The molecule has 0 aliphatic carbocycles. The van der Waals surface area contributed by atoms with Crippen LogP contribution in [0.1, 0.15) is 53.6 Å². The summed E-state index contributed by atoms with van der Waals surface area (Å²) in [5.41, 5.74) is 4.34. The fourth-order valence-electron chi connectivity index (χ4n) is 5.22. The first-order chi connectivity index (χ1) is 23.4. The van der Waals surface area contributed by atoms with Gasteiger partial charge in [0.05, 0.1) is 18.2 Å². The van der Waals surface area contributed by atoms with Crippen molar-refractivity contribution in [1.82, 2.24) is 10.2 Å². The lowest BCUT2D eigenvalue weighted by atomic mass is 9.95. The summed E-state index contributed by atoms with van der Waals surface area (Å²) in [5.74, 6) is 0.117. The molecule has 4 aromatic carbocycles. The molecule has 1 N–H and O–H groups in total. The van der Waals surface area contributed by atoms with Crippen LogP contribution >= 0.6 is 23.1 Å². The van der Waals surface area contributed by atoms with E-state index in [9.17, 15) is 14.7 Å². The second-order valence-corrected chi connectivity index (χ2v) is 13.5. The van der Waals surface area contributed by atoms with Crippen molar-refractivity contribution in [2.75, 3.05) is 11.5 Å². The highest BCUT2D eigenvalue weighted by atomic mass is 32.2. The summed E-state index contributed by atoms with van der Waals surface area (Å²) in [6.45, 7) is 5.12. The lowest BCUT2D eigenvalue weighted by molar-refractivity contribution is -0.132. The van der Waals surface area contributed by atoms with Crippen molar-refractivity contribution in [3.05, 3.63) is 137 Å². The van der Waals surface area contributed by atoms with Crippen LogP contribution in [0.3, 0.4) is 0 Å².